The van der Waals surface area contributed by atoms with E-state index >= 15 is 0 Å². The molecule has 50 heteroatoms. The molecular weight excluding hydrogens is 2450 g/mol. The Kier molecular flexibility index (Phi) is 104. The van der Waals surface area contributed by atoms with E-state index in [0.717, 1.165) is 58.6 Å². The van der Waals surface area contributed by atoms with Crippen molar-refractivity contribution >= 4 is 59.9 Å². The van der Waals surface area contributed by atoms with Crippen LogP contribution in [0.1, 0.15) is 123 Å². The van der Waals surface area contributed by atoms with Crippen molar-refractivity contribution < 1.29 is 358 Å². The molecule has 788 valence electrons. The molecule has 42 nitrogen and oxygen atoms in total. The van der Waals surface area contributed by atoms with Crippen LogP contribution in [0.4, 0.5) is 22.7 Å². The van der Waals surface area contributed by atoms with Gasteiger partial charge in [0.1, 0.15) is 28.2 Å². The summed E-state index contributed by atoms with van der Waals surface area (Å²) in [7, 11) is 23.6. The molecule has 0 unspecified atom stereocenters. The molecule has 0 saturated heterocycles. The molecule has 0 bridgehead atoms. The molecule has 0 fully saturated rings. The second kappa shape index (κ2) is 73.3. The largest absolute Gasteiger partial charge is 2.00 e. The summed E-state index contributed by atoms with van der Waals surface area (Å²) in [4.78, 5) is 30.8. The van der Waals surface area contributed by atoms with Gasteiger partial charge in [0, 0.05) is 324 Å². The van der Waals surface area contributed by atoms with Gasteiger partial charge in [-0.25, -0.2) is 0 Å². The van der Waals surface area contributed by atoms with Crippen LogP contribution >= 0.6 is 0 Å². The molecule has 136 heavy (non-hydrogen) atoms. The molecule has 12 heterocycles. The summed E-state index contributed by atoms with van der Waals surface area (Å²) in [5.74, 6) is 3.75. The molecule has 16 rings (SSSR count). The predicted molar refractivity (Wildman–Crippen MR) is 428 cm³/mol. The molecule has 0 aliphatic carbocycles. The first-order valence-corrected chi connectivity index (χ1v) is 35.2. The van der Waals surface area contributed by atoms with Crippen LogP contribution in [0.2, 0.25) is 0 Å². The van der Waals surface area contributed by atoms with E-state index in [9.17, 15) is 9.59 Å². The fourth-order valence-electron chi connectivity index (χ4n) is 16.1. The second-order valence-corrected chi connectivity index (χ2v) is 30.6. The van der Waals surface area contributed by atoms with Gasteiger partial charge in [0.15, 0.2) is 45.8 Å². The number of rotatable bonds is 2. The van der Waals surface area contributed by atoms with Crippen LogP contribution in [0.5, 0.6) is 23.0 Å². The third kappa shape index (κ3) is 32.1. The number of benzene rings is 4. The maximum absolute atomic E-state index is 9.43. The average Bonchev–Trinajstić information content (AvgIpc) is 1.56. The Labute approximate surface area is 911 Å². The molecule has 4 aromatic heterocycles. The van der Waals surface area contributed by atoms with E-state index < -0.39 is 22.9 Å². The Morgan fingerprint density at radius 1 is 0.250 bits per heavy atom. The molecule has 8 aliphatic heterocycles. The van der Waals surface area contributed by atoms with E-state index in [-0.39, 0.29) is 333 Å². The summed E-state index contributed by atoms with van der Waals surface area (Å²) in [6, 6.07) is 51.1. The van der Waals surface area contributed by atoms with Crippen molar-refractivity contribution in [1.82, 2.24) is 9.80 Å². The van der Waals surface area contributed by atoms with Crippen LogP contribution < -0.4 is 56.8 Å². The SMILES string of the molecule is CN(C)C=O.CN(C)C=O.Cc1ccc2c([n+]1C)C=C[C@@]1(O2)N(C)c2ccccc2C1(C)C.Cc1ccc2c([n+]1C)C=C[C@@]1(O2)N(C)c2ccccc2C1(C)C.Cc1ccc2c([n+]1C)C=C[C@]1(O2)N(C)c2ccccc2C1(C)C.Cc1ccc2c([n+]1C)C=C[C@]1(O2)N(C)c2ccccc2C1(C)C.[Mo].[Mo].[Mo].[Mo].[Mo].[Mo].[Mo].[Mo].[O-2].[O-2].[O-2].[O-2].[O-2].[O-2].[O-2].[O-2].[O-2].[O-2].[O-2].[O-2].[O-2].[O-2].[O-2].[O-2].[O-2].[O-2].[O-2].[O-2].[O-2].[O-2].[O-2].[O-2].[O-2].[O-2]. The number of para-hydroxylation sites is 4. The number of carbonyl (C=O) groups excluding carboxylic acids is 2. The van der Waals surface area contributed by atoms with Gasteiger partial charge in [0.05, 0.1) is 21.7 Å². The summed E-state index contributed by atoms with van der Waals surface area (Å²) >= 11 is 0. The number of anilines is 4. The van der Waals surface area contributed by atoms with Crippen molar-refractivity contribution in [3.8, 4) is 23.0 Å². The minimum Gasteiger partial charge on any atom is -2.00 e. The van der Waals surface area contributed by atoms with E-state index in [4.69, 9.17) is 18.9 Å². The Hall–Kier alpha value is -5.75. The standard InChI is InChI=1S/4C20H23N2O.2C3H7NO.8Mo.26O/c4*1-14-10-11-18-17(21(14)4)12-13-20(23-18)19(2,3)15-8-6-7-9-16(15)22(20)5;2*1-4(2)3-5;;;;;;;;;;;;;;;;;;;;;;;;;;;;;;;;;;/h4*6-13H,1-5H3;2*3H,1-2H3;;;;;;;;;;;;;;;;;;;;;;;;;;;;;;;;;;/q4*+1;;;;;;;;;;;26*-2/t4*20-;;;;;;;;;;;;;;;;;;;;;;;;;;;;;;;;;;;;/m1100..................................../s1. The van der Waals surface area contributed by atoms with E-state index in [1.165, 1.54) is 77.6 Å². The zero-order chi connectivity index (χ0) is 74.2. The van der Waals surface area contributed by atoms with Crippen molar-refractivity contribution in [3.63, 3.8) is 0 Å². The van der Waals surface area contributed by atoms with Crippen molar-refractivity contribution in [2.45, 2.75) is 128 Å². The molecule has 0 saturated carbocycles. The van der Waals surface area contributed by atoms with Gasteiger partial charge in [-0.05, 0) is 150 Å². The van der Waals surface area contributed by atoms with Gasteiger partial charge in [-0.15, -0.1) is 0 Å². The third-order valence-electron chi connectivity index (χ3n) is 23.2. The van der Waals surface area contributed by atoms with Crippen LogP contribution in [0, 0.1) is 27.7 Å². The number of hydrogen-bond donors (Lipinski definition) is 0. The molecule has 4 spiro atoms. The number of aromatic nitrogens is 4. The zero-order valence-electron chi connectivity index (χ0n) is 78.4. The van der Waals surface area contributed by atoms with E-state index in [1.54, 1.807) is 28.2 Å². The maximum Gasteiger partial charge on any atom is 0.247 e. The summed E-state index contributed by atoms with van der Waals surface area (Å²) in [5, 5.41) is 0. The first-order valence-electron chi connectivity index (χ1n) is 35.2. The van der Waals surface area contributed by atoms with Crippen LogP contribution in [0.15, 0.2) is 170 Å². The minimum absolute atomic E-state index is 0. The molecule has 4 atom stereocenters. The van der Waals surface area contributed by atoms with Gasteiger partial charge in [0.2, 0.25) is 58.5 Å². The molecular formula is C86H106Mo8N10O32-48. The summed E-state index contributed by atoms with van der Waals surface area (Å²) in [6.07, 6.45) is 19.2. The molecule has 0 radical (unpaired) electrons. The number of amides is 2. The van der Waals surface area contributed by atoms with Crippen molar-refractivity contribution in [2.24, 2.45) is 28.2 Å². The topological polar surface area (TPSA) is 847 Å². The van der Waals surface area contributed by atoms with E-state index in [1.807, 2.05) is 0 Å². The Bertz CT molecular complexity index is 4260. The molecule has 0 N–H and O–H groups in total. The number of fused-ring (bicyclic) bond motifs is 8. The Morgan fingerprint density at radius 3 is 0.507 bits per heavy atom. The van der Waals surface area contributed by atoms with Gasteiger partial charge < -0.3 is 191 Å². The van der Waals surface area contributed by atoms with Gasteiger partial charge in [-0.3, -0.25) is 9.59 Å². The average molecular weight is 2560 g/mol. The summed E-state index contributed by atoms with van der Waals surface area (Å²) < 4.78 is 35.3. The number of pyridine rings is 4. The third-order valence-corrected chi connectivity index (χ3v) is 23.2. The number of aryl methyl sites for hydroxylation is 4. The number of likely N-dealkylation sites (N-methyl/N-ethyl adjacent to an activating group) is 4. The van der Waals surface area contributed by atoms with E-state index in [2.05, 4.69) is 372 Å². The first-order chi connectivity index (χ1) is 48.1. The van der Waals surface area contributed by atoms with E-state index in [0.29, 0.717) is 0 Å². The monoisotopic (exact) mass is 2570 g/mol. The predicted octanol–water partition coefficient (Wildman–Crippen LogP) is 9.70. The molecule has 8 aliphatic rings. The normalized spacial score (nSPS) is 16.5. The number of ether oxygens (including phenoxy) is 4. The van der Waals surface area contributed by atoms with Crippen LogP contribution in [0.3, 0.4) is 0 Å². The fraction of sp³-hybridized carbons (Fsp3) is 0.372. The van der Waals surface area contributed by atoms with Crippen LogP contribution in [-0.4, -0.2) is 102 Å². The van der Waals surface area contributed by atoms with Crippen molar-refractivity contribution in [1.29, 1.82) is 0 Å². The number of hydrogen-bond acceptors (Lipinski definition) is 10. The fourth-order valence-corrected chi connectivity index (χ4v) is 16.1. The smallest absolute Gasteiger partial charge is 0.247 e. The van der Waals surface area contributed by atoms with Crippen molar-refractivity contribution in [3.05, 3.63) is 238 Å². The Morgan fingerprint density at radius 2 is 0.382 bits per heavy atom. The zero-order valence-corrected chi connectivity index (χ0v) is 94.5. The number of carbonyl (C=O) groups is 2. The van der Waals surface area contributed by atoms with Gasteiger partial charge in [-0.1, -0.05) is 72.8 Å². The van der Waals surface area contributed by atoms with Gasteiger partial charge in [-0.2, -0.15) is 18.3 Å². The number of nitrogens with zero attached hydrogens (tertiary/aromatic N) is 10. The molecule has 8 aromatic rings. The molecule has 4 aromatic carbocycles. The second-order valence-electron chi connectivity index (χ2n) is 30.6. The summed E-state index contributed by atoms with van der Waals surface area (Å²) in [6.45, 7) is 26.5. The van der Waals surface area contributed by atoms with Gasteiger partial charge in [0.25, 0.3) is 0 Å². The molecule has 2 amide bonds. The van der Waals surface area contributed by atoms with Gasteiger partial charge >= 0.3 is 0 Å². The first kappa shape index (κ1) is 193. The quantitative estimate of drug-likeness (QED) is 0.0895. The van der Waals surface area contributed by atoms with Crippen molar-refractivity contribution in [2.75, 3.05) is 76.0 Å². The van der Waals surface area contributed by atoms with Crippen LogP contribution in [0.25, 0.3) is 24.3 Å². The maximum atomic E-state index is 9.43. The Balaban J connectivity index is -0.0000000500. The van der Waals surface area contributed by atoms with Crippen LogP contribution in [-0.2, 0) is 370 Å². The minimum atomic E-state index is -0.494. The summed E-state index contributed by atoms with van der Waals surface area (Å²) in [5.41, 5.74) is 17.1.